The van der Waals surface area contributed by atoms with Crippen molar-refractivity contribution in [2.75, 3.05) is 11.5 Å². The minimum Gasteiger partial charge on any atom is -0.490 e. The summed E-state index contributed by atoms with van der Waals surface area (Å²) in [6, 6.07) is 20.7. The summed E-state index contributed by atoms with van der Waals surface area (Å²) in [6.07, 6.45) is 1.55. The normalized spacial score (nSPS) is 14.8. The molecule has 1 saturated heterocycles. The number of para-hydroxylation sites is 1. The molecule has 1 aliphatic heterocycles. The van der Waals surface area contributed by atoms with Gasteiger partial charge < -0.3 is 9.47 Å². The first-order valence-corrected chi connectivity index (χ1v) is 12.5. The smallest absolute Gasteiger partial charge is 0.270 e. The molecule has 0 saturated carbocycles. The summed E-state index contributed by atoms with van der Waals surface area (Å²) in [4.78, 5) is 27.2. The summed E-state index contributed by atoms with van der Waals surface area (Å²) in [5.74, 6) is 0.123. The first-order chi connectivity index (χ1) is 16.9. The number of hydrogen-bond donors (Lipinski definition) is 1. The van der Waals surface area contributed by atoms with Gasteiger partial charge in [-0.2, -0.15) is 0 Å². The Hall–Kier alpha value is -3.24. The quantitative estimate of drug-likeness (QED) is 0.171. The third kappa shape index (κ3) is 5.71. The van der Waals surface area contributed by atoms with Crippen LogP contribution in [0, 0.1) is 10.5 Å². The number of amides is 2. The van der Waals surface area contributed by atoms with Crippen molar-refractivity contribution in [2.45, 2.75) is 20.5 Å². The largest absolute Gasteiger partial charge is 0.490 e. The zero-order valence-electron chi connectivity index (χ0n) is 19.2. The third-order valence-corrected chi connectivity index (χ3v) is 6.31. The van der Waals surface area contributed by atoms with Crippen molar-refractivity contribution in [3.05, 3.63) is 92.6 Å². The Kier molecular flexibility index (Phi) is 7.82. The number of carbonyl (C=O) groups is 2. The maximum atomic E-state index is 13.3. The average Bonchev–Trinajstić information content (AvgIpc) is 2.82. The van der Waals surface area contributed by atoms with Gasteiger partial charge in [0.15, 0.2) is 16.6 Å². The van der Waals surface area contributed by atoms with E-state index in [1.165, 1.54) is 4.90 Å². The molecule has 2 amide bonds. The summed E-state index contributed by atoms with van der Waals surface area (Å²) in [5, 5.41) is 2.66. The van der Waals surface area contributed by atoms with Gasteiger partial charge in [0.2, 0.25) is 0 Å². The van der Waals surface area contributed by atoms with Crippen LogP contribution in [0.3, 0.4) is 0 Å². The van der Waals surface area contributed by atoms with Crippen LogP contribution in [0.1, 0.15) is 23.6 Å². The van der Waals surface area contributed by atoms with Crippen LogP contribution in [0.15, 0.2) is 72.3 Å². The first-order valence-electron chi connectivity index (χ1n) is 11.0. The fourth-order valence-corrected chi connectivity index (χ4v) is 4.73. The van der Waals surface area contributed by atoms with Gasteiger partial charge >= 0.3 is 0 Å². The Morgan fingerprint density at radius 3 is 2.51 bits per heavy atom. The van der Waals surface area contributed by atoms with Crippen molar-refractivity contribution in [1.82, 2.24) is 5.32 Å². The van der Waals surface area contributed by atoms with Crippen molar-refractivity contribution in [3.63, 3.8) is 0 Å². The molecule has 0 atom stereocenters. The number of aryl methyl sites for hydroxylation is 1. The van der Waals surface area contributed by atoms with Crippen LogP contribution in [0.2, 0.25) is 0 Å². The van der Waals surface area contributed by atoms with Gasteiger partial charge in [-0.3, -0.25) is 19.8 Å². The van der Waals surface area contributed by atoms with Crippen LogP contribution in [0.4, 0.5) is 5.69 Å². The van der Waals surface area contributed by atoms with Crippen molar-refractivity contribution in [1.29, 1.82) is 0 Å². The van der Waals surface area contributed by atoms with Crippen LogP contribution in [-0.2, 0) is 16.2 Å². The second-order valence-corrected chi connectivity index (χ2v) is 9.38. The predicted octanol–water partition coefficient (Wildman–Crippen LogP) is 5.41. The highest BCUT2D eigenvalue weighted by atomic mass is 127. The fourth-order valence-electron chi connectivity index (χ4n) is 3.67. The molecule has 0 aliphatic carbocycles. The number of halogens is 1. The highest BCUT2D eigenvalue weighted by molar-refractivity contribution is 14.1. The van der Waals surface area contributed by atoms with Crippen molar-refractivity contribution in [3.8, 4) is 11.5 Å². The maximum absolute atomic E-state index is 13.3. The Balaban J connectivity index is 1.66. The van der Waals surface area contributed by atoms with Crippen LogP contribution in [0.5, 0.6) is 11.5 Å². The summed E-state index contributed by atoms with van der Waals surface area (Å²) in [7, 11) is 0. The Morgan fingerprint density at radius 1 is 1.03 bits per heavy atom. The molecule has 178 valence electrons. The predicted molar refractivity (Wildman–Crippen MR) is 148 cm³/mol. The molecule has 0 aromatic heterocycles. The van der Waals surface area contributed by atoms with Crippen LogP contribution in [-0.4, -0.2) is 23.5 Å². The minimum absolute atomic E-state index is 0.0193. The molecule has 1 heterocycles. The number of carbonyl (C=O) groups excluding carboxylic acids is 2. The summed E-state index contributed by atoms with van der Waals surface area (Å²) < 4.78 is 12.8. The lowest BCUT2D eigenvalue weighted by atomic mass is 10.1. The van der Waals surface area contributed by atoms with Crippen LogP contribution >= 0.6 is 34.8 Å². The highest BCUT2D eigenvalue weighted by Crippen LogP contribution is 2.36. The summed E-state index contributed by atoms with van der Waals surface area (Å²) >= 11 is 7.43. The molecule has 0 spiro atoms. The lowest BCUT2D eigenvalue weighted by molar-refractivity contribution is -0.122. The Labute approximate surface area is 223 Å². The molecule has 35 heavy (non-hydrogen) atoms. The highest BCUT2D eigenvalue weighted by Gasteiger charge is 2.34. The summed E-state index contributed by atoms with van der Waals surface area (Å²) in [6.45, 7) is 4.75. The van der Waals surface area contributed by atoms with Gasteiger partial charge in [-0.05, 0) is 90.1 Å². The SMILES string of the molecule is CCOc1cc(/C=C2/C(=O)NC(=S)N(c3ccccc3)C2=O)cc(I)c1OCc1cccc(C)c1. The van der Waals surface area contributed by atoms with Gasteiger partial charge in [-0.15, -0.1) is 0 Å². The van der Waals surface area contributed by atoms with E-state index in [0.29, 0.717) is 36.0 Å². The molecule has 0 unspecified atom stereocenters. The number of rotatable bonds is 7. The van der Waals surface area contributed by atoms with Gasteiger partial charge in [-0.1, -0.05) is 48.0 Å². The van der Waals surface area contributed by atoms with E-state index in [-0.39, 0.29) is 10.7 Å². The lowest BCUT2D eigenvalue weighted by Gasteiger charge is -2.28. The Bertz CT molecular complexity index is 1320. The zero-order valence-corrected chi connectivity index (χ0v) is 22.2. The van der Waals surface area contributed by atoms with Gasteiger partial charge in [0, 0.05) is 0 Å². The van der Waals surface area contributed by atoms with Crippen LogP contribution < -0.4 is 19.7 Å². The molecule has 4 rings (SSSR count). The third-order valence-electron chi connectivity index (χ3n) is 5.22. The molecule has 1 fully saturated rings. The number of benzene rings is 3. The molecule has 3 aromatic carbocycles. The molecule has 0 bridgehead atoms. The van der Waals surface area contributed by atoms with E-state index in [0.717, 1.165) is 14.7 Å². The van der Waals surface area contributed by atoms with E-state index in [2.05, 4.69) is 34.0 Å². The topological polar surface area (TPSA) is 67.9 Å². The van der Waals surface area contributed by atoms with Crippen molar-refractivity contribution < 1.29 is 19.1 Å². The van der Waals surface area contributed by atoms with Crippen LogP contribution in [0.25, 0.3) is 6.08 Å². The monoisotopic (exact) mass is 598 g/mol. The molecular weight excluding hydrogens is 575 g/mol. The van der Waals surface area contributed by atoms with Gasteiger partial charge in [-0.25, -0.2) is 0 Å². The summed E-state index contributed by atoms with van der Waals surface area (Å²) in [5.41, 5.74) is 3.41. The maximum Gasteiger partial charge on any atom is 0.270 e. The van der Waals surface area contributed by atoms with E-state index in [9.17, 15) is 9.59 Å². The molecule has 8 heteroatoms. The molecule has 6 nitrogen and oxygen atoms in total. The number of ether oxygens (including phenoxy) is 2. The van der Waals surface area contributed by atoms with Crippen molar-refractivity contribution >= 4 is 63.5 Å². The molecular formula is C27H23IN2O4S. The van der Waals surface area contributed by atoms with E-state index in [1.54, 1.807) is 36.4 Å². The fraction of sp³-hybridized carbons (Fsp3) is 0.148. The number of thiocarbonyl (C=S) groups is 1. The minimum atomic E-state index is -0.542. The molecule has 3 aromatic rings. The second-order valence-electron chi connectivity index (χ2n) is 7.83. The van der Waals surface area contributed by atoms with E-state index in [1.807, 2.05) is 44.2 Å². The second kappa shape index (κ2) is 11.0. The number of nitrogens with one attached hydrogen (secondary N) is 1. The van der Waals surface area contributed by atoms with E-state index >= 15 is 0 Å². The van der Waals surface area contributed by atoms with Gasteiger partial charge in [0.25, 0.3) is 11.8 Å². The number of nitrogens with zero attached hydrogens (tertiary/aromatic N) is 1. The van der Waals surface area contributed by atoms with E-state index in [4.69, 9.17) is 21.7 Å². The zero-order chi connectivity index (χ0) is 24.9. The standard InChI is InChI=1S/C27H23IN2O4S/c1-3-33-23-15-19(14-22(28)24(23)34-16-18-9-7-8-17(2)12-18)13-21-25(31)29-27(35)30(26(21)32)20-10-5-4-6-11-20/h4-15H,3,16H2,1-2H3,(H,29,31,35)/b21-13-. The van der Waals surface area contributed by atoms with Gasteiger partial charge in [0.1, 0.15) is 12.2 Å². The first kappa shape index (κ1) is 24.9. The molecule has 1 aliphatic rings. The average molecular weight is 598 g/mol. The molecule has 1 N–H and O–H groups in total. The number of anilines is 1. The number of hydrogen-bond acceptors (Lipinski definition) is 5. The molecule has 0 radical (unpaired) electrons. The van der Waals surface area contributed by atoms with Crippen molar-refractivity contribution in [2.24, 2.45) is 0 Å². The van der Waals surface area contributed by atoms with E-state index < -0.39 is 11.8 Å². The lowest BCUT2D eigenvalue weighted by Crippen LogP contribution is -2.54. The van der Waals surface area contributed by atoms with Gasteiger partial charge in [0.05, 0.1) is 15.9 Å². The Morgan fingerprint density at radius 2 is 1.80 bits per heavy atom.